The van der Waals surface area contributed by atoms with Crippen LogP contribution in [0.3, 0.4) is 0 Å². The molecule has 4 heteroatoms. The van der Waals surface area contributed by atoms with E-state index in [-0.39, 0.29) is 0 Å². The Hall–Kier alpha value is -1.94. The number of aromatic nitrogens is 2. The first-order valence-electron chi connectivity index (χ1n) is 7.66. The summed E-state index contributed by atoms with van der Waals surface area (Å²) in [5, 5.41) is 3.43. The van der Waals surface area contributed by atoms with Crippen molar-refractivity contribution in [2.45, 2.75) is 12.8 Å². The molecule has 2 aromatic heterocycles. The van der Waals surface area contributed by atoms with Crippen LogP contribution in [0, 0.1) is 5.92 Å². The molecule has 2 aromatic rings. The van der Waals surface area contributed by atoms with Crippen molar-refractivity contribution >= 4 is 5.82 Å². The van der Waals surface area contributed by atoms with Gasteiger partial charge in [0.1, 0.15) is 5.82 Å². The maximum absolute atomic E-state index is 4.30. The Morgan fingerprint density at radius 1 is 1.14 bits per heavy atom. The van der Waals surface area contributed by atoms with Gasteiger partial charge in [0, 0.05) is 38.2 Å². The van der Waals surface area contributed by atoms with Gasteiger partial charge in [0.15, 0.2) is 0 Å². The van der Waals surface area contributed by atoms with E-state index in [0.29, 0.717) is 0 Å². The first kappa shape index (κ1) is 14.0. The van der Waals surface area contributed by atoms with E-state index >= 15 is 0 Å². The van der Waals surface area contributed by atoms with Crippen LogP contribution in [0.4, 0.5) is 5.82 Å². The van der Waals surface area contributed by atoms with E-state index in [0.717, 1.165) is 31.2 Å². The van der Waals surface area contributed by atoms with Crippen LogP contribution in [0.25, 0.3) is 0 Å². The molecule has 3 heterocycles. The van der Waals surface area contributed by atoms with Crippen molar-refractivity contribution in [3.05, 3.63) is 54.5 Å². The summed E-state index contributed by atoms with van der Waals surface area (Å²) in [6, 6.07) is 10.2. The topological polar surface area (TPSA) is 41.0 Å². The summed E-state index contributed by atoms with van der Waals surface area (Å²) in [6.07, 6.45) is 7.97. The van der Waals surface area contributed by atoms with Gasteiger partial charge in [0.2, 0.25) is 0 Å². The Morgan fingerprint density at radius 3 is 2.86 bits per heavy atom. The van der Waals surface area contributed by atoms with Gasteiger partial charge in [-0.05, 0) is 55.1 Å². The second-order valence-electron chi connectivity index (χ2n) is 5.66. The van der Waals surface area contributed by atoms with Crippen molar-refractivity contribution in [2.24, 2.45) is 5.92 Å². The maximum Gasteiger partial charge on any atom is 0.125 e. The van der Waals surface area contributed by atoms with Crippen LogP contribution in [0.2, 0.25) is 0 Å². The lowest BCUT2D eigenvalue weighted by atomic mass is 10.1. The zero-order chi connectivity index (χ0) is 14.3. The standard InChI is InChI=1S/C17H22N4/c1-2-8-19-17(3-1)20-13-16-7-12-21(14-16)11-6-15-4-9-18-10-5-15/h1-5,8-10,16H,6-7,11-14H2,(H,19,20)/t16-/m0/s1. The van der Waals surface area contributed by atoms with E-state index in [1.807, 2.05) is 36.8 Å². The van der Waals surface area contributed by atoms with Gasteiger partial charge in [0.25, 0.3) is 0 Å². The molecule has 0 bridgehead atoms. The van der Waals surface area contributed by atoms with Crippen LogP contribution in [-0.2, 0) is 6.42 Å². The van der Waals surface area contributed by atoms with Gasteiger partial charge in [-0.1, -0.05) is 6.07 Å². The molecule has 21 heavy (non-hydrogen) atoms. The summed E-state index contributed by atoms with van der Waals surface area (Å²) >= 11 is 0. The highest BCUT2D eigenvalue weighted by molar-refractivity contribution is 5.33. The van der Waals surface area contributed by atoms with E-state index in [4.69, 9.17) is 0 Å². The summed E-state index contributed by atoms with van der Waals surface area (Å²) in [7, 11) is 0. The molecule has 0 radical (unpaired) electrons. The average Bonchev–Trinajstić information content (AvgIpc) is 3.01. The molecule has 0 aliphatic carbocycles. The molecule has 0 spiro atoms. The fourth-order valence-electron chi connectivity index (χ4n) is 2.84. The summed E-state index contributed by atoms with van der Waals surface area (Å²) in [6.45, 7) is 4.55. The lowest BCUT2D eigenvalue weighted by molar-refractivity contribution is 0.330. The Labute approximate surface area is 126 Å². The first-order chi connectivity index (χ1) is 10.4. The van der Waals surface area contributed by atoms with Crippen molar-refractivity contribution in [3.8, 4) is 0 Å². The molecule has 1 aliphatic rings. The summed E-state index contributed by atoms with van der Waals surface area (Å²) < 4.78 is 0. The number of hydrogen-bond acceptors (Lipinski definition) is 4. The predicted octanol–water partition coefficient (Wildman–Crippen LogP) is 2.45. The molecule has 0 unspecified atom stereocenters. The third kappa shape index (κ3) is 4.26. The largest absolute Gasteiger partial charge is 0.370 e. The second-order valence-corrected chi connectivity index (χ2v) is 5.66. The predicted molar refractivity (Wildman–Crippen MR) is 85.2 cm³/mol. The van der Waals surface area contributed by atoms with E-state index in [9.17, 15) is 0 Å². The maximum atomic E-state index is 4.30. The fourth-order valence-corrected chi connectivity index (χ4v) is 2.84. The van der Waals surface area contributed by atoms with Crippen LogP contribution in [0.15, 0.2) is 48.9 Å². The van der Waals surface area contributed by atoms with Crippen LogP contribution in [-0.4, -0.2) is 41.0 Å². The van der Waals surface area contributed by atoms with Gasteiger partial charge in [-0.15, -0.1) is 0 Å². The van der Waals surface area contributed by atoms with Gasteiger partial charge < -0.3 is 10.2 Å². The van der Waals surface area contributed by atoms with Crippen LogP contribution in [0.1, 0.15) is 12.0 Å². The van der Waals surface area contributed by atoms with E-state index in [1.54, 1.807) is 0 Å². The molecular weight excluding hydrogens is 260 g/mol. The second kappa shape index (κ2) is 7.18. The molecule has 3 rings (SSSR count). The fraction of sp³-hybridized carbons (Fsp3) is 0.412. The molecule has 1 fully saturated rings. The molecule has 4 nitrogen and oxygen atoms in total. The van der Waals surface area contributed by atoms with Gasteiger partial charge in [-0.2, -0.15) is 0 Å². The lowest BCUT2D eigenvalue weighted by Crippen LogP contribution is -2.25. The van der Waals surface area contributed by atoms with Crippen molar-refractivity contribution in [1.29, 1.82) is 0 Å². The number of anilines is 1. The molecule has 0 amide bonds. The monoisotopic (exact) mass is 282 g/mol. The number of nitrogens with one attached hydrogen (secondary N) is 1. The average molecular weight is 282 g/mol. The Kier molecular flexibility index (Phi) is 4.79. The number of likely N-dealkylation sites (tertiary alicyclic amines) is 1. The smallest absolute Gasteiger partial charge is 0.125 e. The van der Waals surface area contributed by atoms with Crippen LogP contribution >= 0.6 is 0 Å². The van der Waals surface area contributed by atoms with E-state index in [1.165, 1.54) is 25.1 Å². The van der Waals surface area contributed by atoms with Crippen LogP contribution < -0.4 is 5.32 Å². The number of pyridine rings is 2. The molecule has 0 aromatic carbocycles. The zero-order valence-electron chi connectivity index (χ0n) is 12.3. The van der Waals surface area contributed by atoms with Gasteiger partial charge in [-0.3, -0.25) is 4.98 Å². The van der Waals surface area contributed by atoms with Gasteiger partial charge in [0.05, 0.1) is 0 Å². The van der Waals surface area contributed by atoms with Gasteiger partial charge in [-0.25, -0.2) is 4.98 Å². The number of rotatable bonds is 6. The molecule has 1 saturated heterocycles. The van der Waals surface area contributed by atoms with Crippen LogP contribution in [0.5, 0.6) is 0 Å². The number of hydrogen-bond donors (Lipinski definition) is 1. The third-order valence-corrected chi connectivity index (χ3v) is 4.07. The number of nitrogens with zero attached hydrogens (tertiary/aromatic N) is 3. The summed E-state index contributed by atoms with van der Waals surface area (Å²) in [5.74, 6) is 1.71. The lowest BCUT2D eigenvalue weighted by Gasteiger charge is -2.16. The zero-order valence-corrected chi connectivity index (χ0v) is 12.3. The van der Waals surface area contributed by atoms with Crippen molar-refractivity contribution in [1.82, 2.24) is 14.9 Å². The minimum absolute atomic E-state index is 0.726. The molecule has 1 N–H and O–H groups in total. The molecule has 1 aliphatic heterocycles. The SMILES string of the molecule is c1ccc(NC[C@@H]2CCN(CCc3ccncc3)C2)nc1. The normalized spacial score (nSPS) is 18.8. The minimum Gasteiger partial charge on any atom is -0.370 e. The Morgan fingerprint density at radius 2 is 2.05 bits per heavy atom. The Bertz CT molecular complexity index is 480. The van der Waals surface area contributed by atoms with Crippen molar-refractivity contribution in [2.75, 3.05) is 31.5 Å². The highest BCUT2D eigenvalue weighted by Gasteiger charge is 2.21. The van der Waals surface area contributed by atoms with E-state index < -0.39 is 0 Å². The third-order valence-electron chi connectivity index (χ3n) is 4.07. The first-order valence-corrected chi connectivity index (χ1v) is 7.66. The highest BCUT2D eigenvalue weighted by Crippen LogP contribution is 2.17. The summed E-state index contributed by atoms with van der Waals surface area (Å²) in [4.78, 5) is 10.9. The van der Waals surface area contributed by atoms with Crippen molar-refractivity contribution < 1.29 is 0 Å². The van der Waals surface area contributed by atoms with Crippen molar-refractivity contribution in [3.63, 3.8) is 0 Å². The quantitative estimate of drug-likeness (QED) is 0.883. The summed E-state index contributed by atoms with van der Waals surface area (Å²) in [5.41, 5.74) is 1.38. The minimum atomic E-state index is 0.726. The molecule has 0 saturated carbocycles. The Balaban J connectivity index is 1.39. The van der Waals surface area contributed by atoms with Gasteiger partial charge >= 0.3 is 0 Å². The molecule has 1 atom stereocenters. The van der Waals surface area contributed by atoms with E-state index in [2.05, 4.69) is 32.3 Å². The molecule has 110 valence electrons. The molecular formula is C17H22N4. The highest BCUT2D eigenvalue weighted by atomic mass is 15.1.